The van der Waals surface area contributed by atoms with E-state index in [1.165, 1.54) is 6.42 Å². The first kappa shape index (κ1) is 13.7. The van der Waals surface area contributed by atoms with Crippen molar-refractivity contribution in [2.45, 2.75) is 38.8 Å². The smallest absolute Gasteiger partial charge is 0.150 e. The zero-order valence-electron chi connectivity index (χ0n) is 12.7. The number of nitrogens with zero attached hydrogens (tertiary/aromatic N) is 2. The molecule has 1 fully saturated rings. The summed E-state index contributed by atoms with van der Waals surface area (Å²) in [5.41, 5.74) is 1.84. The molecule has 3 aromatic rings. The second-order valence-corrected chi connectivity index (χ2v) is 5.92. The van der Waals surface area contributed by atoms with E-state index >= 15 is 0 Å². The Labute approximate surface area is 128 Å². The van der Waals surface area contributed by atoms with Crippen molar-refractivity contribution in [1.29, 1.82) is 0 Å². The van der Waals surface area contributed by atoms with Crippen LogP contribution in [0.2, 0.25) is 0 Å². The molecule has 0 aliphatic carbocycles. The molecular weight excluding hydrogens is 279 g/mol. The number of rotatable bonds is 2. The molecule has 2 heterocycles. The first-order valence-electron chi connectivity index (χ1n) is 7.98. The molecule has 1 aliphatic heterocycles. The van der Waals surface area contributed by atoms with Gasteiger partial charge in [0.05, 0.1) is 11.7 Å². The molecule has 22 heavy (non-hydrogen) atoms. The molecule has 4 heteroatoms. The number of halogens is 1. The molecule has 2 aromatic carbocycles. The van der Waals surface area contributed by atoms with Gasteiger partial charge in [-0.1, -0.05) is 13.0 Å². The molecule has 0 N–H and O–H groups in total. The minimum atomic E-state index is -0.127. The Balaban J connectivity index is 1.91. The predicted molar refractivity (Wildman–Crippen MR) is 85.4 cm³/mol. The number of hydrogen-bond acceptors (Lipinski definition) is 2. The number of aryl methyl sites for hydroxylation is 1. The van der Waals surface area contributed by atoms with Gasteiger partial charge in [-0.15, -0.1) is 0 Å². The van der Waals surface area contributed by atoms with Gasteiger partial charge in [-0.3, -0.25) is 0 Å². The fourth-order valence-corrected chi connectivity index (χ4v) is 3.41. The standard InChI is InChI=1S/C18H19FN2O/c1-2-14-15-9-13-11-20-21(18-5-3-4-8-22-18)17(13)10-12(15)6-7-16(14)19/h6-7,9-11,18H,2-5,8H2,1H3. The number of benzene rings is 2. The molecule has 0 saturated carbocycles. The van der Waals surface area contributed by atoms with Crippen molar-refractivity contribution in [3.05, 3.63) is 41.8 Å². The Morgan fingerprint density at radius 1 is 1.27 bits per heavy atom. The van der Waals surface area contributed by atoms with Gasteiger partial charge in [-0.2, -0.15) is 5.10 Å². The highest BCUT2D eigenvalue weighted by molar-refractivity contribution is 5.98. The molecule has 0 bridgehead atoms. The number of hydrogen-bond donors (Lipinski definition) is 0. The third-order valence-corrected chi connectivity index (χ3v) is 4.57. The van der Waals surface area contributed by atoms with Crippen LogP contribution in [0.1, 0.15) is 38.0 Å². The Morgan fingerprint density at radius 3 is 2.95 bits per heavy atom. The SMILES string of the molecule is CCc1c(F)ccc2cc3c(cnn3C3CCCCO3)cc12. The van der Waals surface area contributed by atoms with Crippen LogP contribution in [0.15, 0.2) is 30.5 Å². The van der Waals surface area contributed by atoms with Gasteiger partial charge >= 0.3 is 0 Å². The Bertz CT molecular complexity index is 834. The van der Waals surface area contributed by atoms with Gasteiger partial charge in [0.1, 0.15) is 5.82 Å². The molecule has 114 valence electrons. The maximum absolute atomic E-state index is 14.0. The van der Waals surface area contributed by atoms with Crippen LogP contribution in [0.3, 0.4) is 0 Å². The third-order valence-electron chi connectivity index (χ3n) is 4.57. The van der Waals surface area contributed by atoms with Crippen molar-refractivity contribution >= 4 is 21.7 Å². The van der Waals surface area contributed by atoms with Crippen molar-refractivity contribution < 1.29 is 9.13 Å². The van der Waals surface area contributed by atoms with Gasteiger partial charge in [-0.25, -0.2) is 9.07 Å². The molecule has 1 saturated heterocycles. The van der Waals surface area contributed by atoms with Crippen molar-refractivity contribution in [1.82, 2.24) is 9.78 Å². The van der Waals surface area contributed by atoms with Gasteiger partial charge in [0, 0.05) is 12.0 Å². The molecular formula is C18H19FN2O. The predicted octanol–water partition coefficient (Wildman–Crippen LogP) is 4.59. The van der Waals surface area contributed by atoms with E-state index in [1.54, 1.807) is 6.07 Å². The van der Waals surface area contributed by atoms with Crippen LogP contribution in [0.4, 0.5) is 4.39 Å². The van der Waals surface area contributed by atoms with Gasteiger partial charge in [0.2, 0.25) is 0 Å². The molecule has 0 spiro atoms. The van der Waals surface area contributed by atoms with E-state index in [0.29, 0.717) is 6.42 Å². The molecule has 1 aliphatic rings. The lowest BCUT2D eigenvalue weighted by atomic mass is 10.0. The molecule has 1 aromatic heterocycles. The van der Waals surface area contributed by atoms with E-state index in [4.69, 9.17) is 4.74 Å². The maximum atomic E-state index is 14.0. The van der Waals surface area contributed by atoms with Crippen LogP contribution < -0.4 is 0 Å². The molecule has 0 radical (unpaired) electrons. The normalized spacial score (nSPS) is 19.1. The number of fused-ring (bicyclic) bond motifs is 2. The second-order valence-electron chi connectivity index (χ2n) is 5.92. The molecule has 0 amide bonds. The maximum Gasteiger partial charge on any atom is 0.150 e. The van der Waals surface area contributed by atoms with Gasteiger partial charge < -0.3 is 4.74 Å². The Morgan fingerprint density at radius 2 is 2.18 bits per heavy atom. The van der Waals surface area contributed by atoms with Gasteiger partial charge in [0.15, 0.2) is 6.23 Å². The van der Waals surface area contributed by atoms with Gasteiger partial charge in [-0.05, 0) is 60.2 Å². The average molecular weight is 298 g/mol. The summed E-state index contributed by atoms with van der Waals surface area (Å²) >= 11 is 0. The summed E-state index contributed by atoms with van der Waals surface area (Å²) < 4.78 is 21.8. The highest BCUT2D eigenvalue weighted by Crippen LogP contribution is 2.31. The summed E-state index contributed by atoms with van der Waals surface area (Å²) in [7, 11) is 0. The first-order valence-corrected chi connectivity index (χ1v) is 7.98. The zero-order valence-corrected chi connectivity index (χ0v) is 12.7. The third kappa shape index (κ3) is 2.10. The van der Waals surface area contributed by atoms with E-state index in [2.05, 4.69) is 17.2 Å². The fraction of sp³-hybridized carbons (Fsp3) is 0.389. The minimum Gasteiger partial charge on any atom is -0.356 e. The summed E-state index contributed by atoms with van der Waals surface area (Å²) in [5.74, 6) is -0.127. The van der Waals surface area contributed by atoms with E-state index in [-0.39, 0.29) is 12.0 Å². The lowest BCUT2D eigenvalue weighted by Gasteiger charge is -2.23. The minimum absolute atomic E-state index is 0.0230. The summed E-state index contributed by atoms with van der Waals surface area (Å²) in [5, 5.41) is 7.61. The molecule has 1 unspecified atom stereocenters. The highest BCUT2D eigenvalue weighted by atomic mass is 19.1. The van der Waals surface area contributed by atoms with Gasteiger partial charge in [0.25, 0.3) is 0 Å². The average Bonchev–Trinajstić information content (AvgIpc) is 2.96. The lowest BCUT2D eigenvalue weighted by Crippen LogP contribution is -2.18. The molecule has 1 atom stereocenters. The van der Waals surface area contributed by atoms with E-state index in [9.17, 15) is 4.39 Å². The van der Waals surface area contributed by atoms with E-state index in [0.717, 1.165) is 46.7 Å². The fourth-order valence-electron chi connectivity index (χ4n) is 3.41. The molecule has 4 rings (SSSR count). The van der Waals surface area contributed by atoms with Crippen LogP contribution in [0.25, 0.3) is 21.7 Å². The topological polar surface area (TPSA) is 27.1 Å². The van der Waals surface area contributed by atoms with Crippen LogP contribution in [-0.2, 0) is 11.2 Å². The van der Waals surface area contributed by atoms with Crippen LogP contribution in [-0.4, -0.2) is 16.4 Å². The quantitative estimate of drug-likeness (QED) is 0.692. The summed E-state index contributed by atoms with van der Waals surface area (Å²) in [6.07, 6.45) is 5.86. The van der Waals surface area contributed by atoms with Crippen molar-refractivity contribution in [2.75, 3.05) is 6.61 Å². The summed E-state index contributed by atoms with van der Waals surface area (Å²) in [6, 6.07) is 7.57. The number of ether oxygens (including phenoxy) is 1. The number of aromatic nitrogens is 2. The van der Waals surface area contributed by atoms with Crippen molar-refractivity contribution in [3.8, 4) is 0 Å². The Hall–Kier alpha value is -1.94. The Kier molecular flexibility index (Phi) is 3.34. The first-order chi connectivity index (χ1) is 10.8. The van der Waals surface area contributed by atoms with Crippen LogP contribution in [0, 0.1) is 5.82 Å². The largest absolute Gasteiger partial charge is 0.356 e. The lowest BCUT2D eigenvalue weighted by molar-refractivity contribution is -0.0366. The van der Waals surface area contributed by atoms with Crippen molar-refractivity contribution in [3.63, 3.8) is 0 Å². The monoisotopic (exact) mass is 298 g/mol. The van der Waals surface area contributed by atoms with E-state index in [1.807, 2.05) is 23.9 Å². The highest BCUT2D eigenvalue weighted by Gasteiger charge is 2.19. The summed E-state index contributed by atoms with van der Waals surface area (Å²) in [4.78, 5) is 0. The van der Waals surface area contributed by atoms with E-state index < -0.39 is 0 Å². The van der Waals surface area contributed by atoms with Crippen LogP contribution in [0.5, 0.6) is 0 Å². The van der Waals surface area contributed by atoms with Crippen molar-refractivity contribution in [2.24, 2.45) is 0 Å². The zero-order chi connectivity index (χ0) is 15.1. The van der Waals surface area contributed by atoms with Crippen LogP contribution >= 0.6 is 0 Å². The summed E-state index contributed by atoms with van der Waals surface area (Å²) in [6.45, 7) is 2.78. The molecule has 3 nitrogen and oxygen atoms in total. The second kappa shape index (κ2) is 5.36.